The highest BCUT2D eigenvalue weighted by atomic mass is 16.5. The van der Waals surface area contributed by atoms with E-state index in [0.29, 0.717) is 23.4 Å². The summed E-state index contributed by atoms with van der Waals surface area (Å²) in [6.07, 6.45) is 1.96. The number of carbonyl (C=O) groups is 2. The molecule has 0 aromatic heterocycles. The van der Waals surface area contributed by atoms with E-state index in [-0.39, 0.29) is 24.2 Å². The van der Waals surface area contributed by atoms with Gasteiger partial charge in [0, 0.05) is 37.3 Å². The van der Waals surface area contributed by atoms with Crippen molar-refractivity contribution >= 4 is 11.6 Å². The lowest BCUT2D eigenvalue weighted by Gasteiger charge is -2.47. The average Bonchev–Trinajstić information content (AvgIpc) is 2.76. The van der Waals surface area contributed by atoms with Crippen molar-refractivity contribution in [2.45, 2.75) is 45.8 Å². The second-order valence-electron chi connectivity index (χ2n) is 8.78. The predicted molar refractivity (Wildman–Crippen MR) is 128 cm³/mol. The maximum atomic E-state index is 11.8. The molecule has 0 radical (unpaired) electrons. The van der Waals surface area contributed by atoms with Gasteiger partial charge in [-0.15, -0.1) is 6.58 Å². The number of ether oxygens (including phenoxy) is 1. The fourth-order valence-corrected chi connectivity index (χ4v) is 4.44. The van der Waals surface area contributed by atoms with E-state index < -0.39 is 0 Å². The summed E-state index contributed by atoms with van der Waals surface area (Å²) >= 11 is 0. The van der Waals surface area contributed by atoms with Gasteiger partial charge < -0.3 is 4.74 Å². The third-order valence-corrected chi connectivity index (χ3v) is 6.11. The summed E-state index contributed by atoms with van der Waals surface area (Å²) in [6.45, 7) is 14.3. The zero-order chi connectivity index (χ0) is 23.3. The molecular weight excluding hydrogens is 400 g/mol. The van der Waals surface area contributed by atoms with Crippen LogP contribution in [-0.2, 0) is 4.79 Å². The van der Waals surface area contributed by atoms with Crippen LogP contribution in [0.15, 0.2) is 61.2 Å². The van der Waals surface area contributed by atoms with Crippen molar-refractivity contribution < 1.29 is 14.3 Å². The first-order valence-corrected chi connectivity index (χ1v) is 11.2. The SMILES string of the molecule is C=CCN1C[C@H](C)N([C@H](c2ccc(C(C)=O)cc2)c2cccc(OCC(C)=O)c2)C[C@H]1C. The number of benzene rings is 2. The monoisotopic (exact) mass is 434 g/mol. The van der Waals surface area contributed by atoms with Crippen LogP contribution in [0.2, 0.25) is 0 Å². The quantitative estimate of drug-likeness (QED) is 0.429. The molecule has 1 aliphatic heterocycles. The van der Waals surface area contributed by atoms with Crippen LogP contribution in [0.1, 0.15) is 55.2 Å². The van der Waals surface area contributed by atoms with Crippen LogP contribution in [0.4, 0.5) is 0 Å². The molecule has 0 amide bonds. The number of ketones is 2. The van der Waals surface area contributed by atoms with E-state index in [1.54, 1.807) is 6.92 Å². The number of carbonyl (C=O) groups excluding carboxylic acids is 2. The van der Waals surface area contributed by atoms with Crippen LogP contribution in [0.5, 0.6) is 5.75 Å². The van der Waals surface area contributed by atoms with Crippen molar-refractivity contribution in [1.82, 2.24) is 9.80 Å². The Morgan fingerprint density at radius 1 is 1.06 bits per heavy atom. The standard InChI is InChI=1S/C27H34N2O3/c1-6-14-28-16-20(3)29(17-19(28)2)27(24-12-10-23(11-13-24)22(5)31)25-8-7-9-26(15-25)32-18-21(4)30/h6-13,15,19-20,27H,1,14,16-18H2,2-5H3/t19-,20+,27-/m1/s1. The lowest BCUT2D eigenvalue weighted by Crippen LogP contribution is -2.57. The molecule has 5 nitrogen and oxygen atoms in total. The van der Waals surface area contributed by atoms with Gasteiger partial charge in [-0.3, -0.25) is 19.4 Å². The first-order valence-electron chi connectivity index (χ1n) is 11.2. The lowest BCUT2D eigenvalue weighted by molar-refractivity contribution is -0.118. The molecule has 0 N–H and O–H groups in total. The van der Waals surface area contributed by atoms with E-state index in [9.17, 15) is 9.59 Å². The summed E-state index contributed by atoms with van der Waals surface area (Å²) in [5.74, 6) is 0.745. The molecule has 170 valence electrons. The maximum Gasteiger partial charge on any atom is 0.167 e. The molecule has 3 rings (SSSR count). The molecule has 1 saturated heterocycles. The summed E-state index contributed by atoms with van der Waals surface area (Å²) in [5.41, 5.74) is 2.95. The minimum Gasteiger partial charge on any atom is -0.486 e. The van der Waals surface area contributed by atoms with Gasteiger partial charge >= 0.3 is 0 Å². The van der Waals surface area contributed by atoms with Gasteiger partial charge in [0.05, 0.1) is 6.04 Å². The topological polar surface area (TPSA) is 49.9 Å². The molecule has 1 heterocycles. The average molecular weight is 435 g/mol. The van der Waals surface area contributed by atoms with E-state index >= 15 is 0 Å². The van der Waals surface area contributed by atoms with Crippen LogP contribution in [0.25, 0.3) is 0 Å². The second-order valence-corrected chi connectivity index (χ2v) is 8.78. The van der Waals surface area contributed by atoms with Crippen LogP contribution < -0.4 is 4.74 Å². The Balaban J connectivity index is 1.99. The summed E-state index contributed by atoms with van der Waals surface area (Å²) < 4.78 is 5.70. The van der Waals surface area contributed by atoms with Gasteiger partial charge in [0.25, 0.3) is 0 Å². The maximum absolute atomic E-state index is 11.8. The van der Waals surface area contributed by atoms with Gasteiger partial charge in [-0.25, -0.2) is 0 Å². The highest BCUT2D eigenvalue weighted by molar-refractivity contribution is 5.94. The summed E-state index contributed by atoms with van der Waals surface area (Å²) in [5, 5.41) is 0. The third-order valence-electron chi connectivity index (χ3n) is 6.11. The van der Waals surface area contributed by atoms with Crippen LogP contribution in [0, 0.1) is 0 Å². The molecule has 2 aromatic carbocycles. The molecule has 1 fully saturated rings. The fourth-order valence-electron chi connectivity index (χ4n) is 4.44. The number of piperazine rings is 1. The molecular formula is C27H34N2O3. The molecule has 0 bridgehead atoms. The highest BCUT2D eigenvalue weighted by Gasteiger charge is 2.34. The number of rotatable bonds is 9. The molecule has 32 heavy (non-hydrogen) atoms. The van der Waals surface area contributed by atoms with E-state index in [2.05, 4.69) is 48.4 Å². The molecule has 5 heteroatoms. The van der Waals surface area contributed by atoms with Crippen molar-refractivity contribution in [3.63, 3.8) is 0 Å². The van der Waals surface area contributed by atoms with Crippen molar-refractivity contribution in [1.29, 1.82) is 0 Å². The third kappa shape index (κ3) is 5.72. The van der Waals surface area contributed by atoms with Crippen molar-refractivity contribution in [2.24, 2.45) is 0 Å². The predicted octanol–water partition coefficient (Wildman–Crippen LogP) is 4.53. The normalized spacial score (nSPS) is 20.5. The number of Topliss-reactive ketones (excluding diaryl/α,β-unsaturated/α-hetero) is 2. The molecule has 0 aliphatic carbocycles. The van der Waals surface area contributed by atoms with E-state index in [4.69, 9.17) is 4.74 Å². The first kappa shape index (κ1) is 23.9. The fraction of sp³-hybridized carbons (Fsp3) is 0.407. The number of hydrogen-bond donors (Lipinski definition) is 0. The number of hydrogen-bond acceptors (Lipinski definition) is 5. The van der Waals surface area contributed by atoms with Crippen molar-refractivity contribution in [3.05, 3.63) is 77.9 Å². The smallest absolute Gasteiger partial charge is 0.167 e. The molecule has 3 atom stereocenters. The Kier molecular flexibility index (Phi) is 7.99. The van der Waals surface area contributed by atoms with E-state index in [0.717, 1.165) is 30.8 Å². The van der Waals surface area contributed by atoms with Gasteiger partial charge in [-0.1, -0.05) is 42.5 Å². The van der Waals surface area contributed by atoms with E-state index in [1.807, 2.05) is 36.4 Å². The van der Waals surface area contributed by atoms with Crippen molar-refractivity contribution in [2.75, 3.05) is 26.2 Å². The Morgan fingerprint density at radius 2 is 1.78 bits per heavy atom. The Hall–Kier alpha value is -2.76. The molecule has 2 aromatic rings. The first-order chi connectivity index (χ1) is 15.3. The van der Waals surface area contributed by atoms with Gasteiger partial charge in [0.2, 0.25) is 0 Å². The number of nitrogens with zero attached hydrogens (tertiary/aromatic N) is 2. The second kappa shape index (κ2) is 10.7. The van der Waals surface area contributed by atoms with Crippen molar-refractivity contribution in [3.8, 4) is 5.75 Å². The van der Waals surface area contributed by atoms with E-state index in [1.165, 1.54) is 6.92 Å². The van der Waals surface area contributed by atoms with Crippen LogP contribution in [-0.4, -0.2) is 59.7 Å². The molecule has 0 spiro atoms. The Bertz CT molecular complexity index is 954. The lowest BCUT2D eigenvalue weighted by atomic mass is 9.92. The minimum atomic E-state index is -0.00689. The van der Waals surface area contributed by atoms with Crippen LogP contribution in [0.3, 0.4) is 0 Å². The van der Waals surface area contributed by atoms with Crippen LogP contribution >= 0.6 is 0 Å². The van der Waals surface area contributed by atoms with Gasteiger partial charge in [0.15, 0.2) is 11.6 Å². The Morgan fingerprint density at radius 3 is 2.41 bits per heavy atom. The summed E-state index contributed by atoms with van der Waals surface area (Å²) in [7, 11) is 0. The summed E-state index contributed by atoms with van der Waals surface area (Å²) in [6, 6.07) is 16.6. The zero-order valence-electron chi connectivity index (χ0n) is 19.6. The molecule has 1 aliphatic rings. The van der Waals surface area contributed by atoms with Gasteiger partial charge in [-0.05, 0) is 51.0 Å². The van der Waals surface area contributed by atoms with Gasteiger partial charge in [-0.2, -0.15) is 0 Å². The van der Waals surface area contributed by atoms with Gasteiger partial charge in [0.1, 0.15) is 12.4 Å². The highest BCUT2D eigenvalue weighted by Crippen LogP contribution is 2.35. The largest absolute Gasteiger partial charge is 0.486 e. The molecule has 0 saturated carbocycles. The minimum absolute atomic E-state index is 0.00689. The molecule has 0 unspecified atom stereocenters. The Labute approximate surface area is 191 Å². The zero-order valence-corrected chi connectivity index (χ0v) is 19.6. The summed E-state index contributed by atoms with van der Waals surface area (Å²) in [4.78, 5) is 28.2.